The molecule has 2 aromatic carbocycles. The Bertz CT molecular complexity index is 713. The zero-order chi connectivity index (χ0) is 17.5. The third kappa shape index (κ3) is 4.84. The summed E-state index contributed by atoms with van der Waals surface area (Å²) in [4.78, 5) is 23.8. The molecule has 0 spiro atoms. The van der Waals surface area contributed by atoms with Gasteiger partial charge in [-0.15, -0.1) is 0 Å². The van der Waals surface area contributed by atoms with Crippen molar-refractivity contribution in [3.63, 3.8) is 0 Å². The molecule has 5 heteroatoms. The number of benzene rings is 2. The van der Waals surface area contributed by atoms with Crippen LogP contribution in [0.1, 0.15) is 18.1 Å². The summed E-state index contributed by atoms with van der Waals surface area (Å²) in [5.41, 5.74) is 2.78. The highest BCUT2D eigenvalue weighted by molar-refractivity contribution is 5.93. The van der Waals surface area contributed by atoms with E-state index in [-0.39, 0.29) is 12.5 Å². The van der Waals surface area contributed by atoms with Crippen LogP contribution in [-0.4, -0.2) is 24.6 Å². The third-order valence-electron chi connectivity index (χ3n) is 3.61. The minimum Gasteiger partial charge on any atom is -0.479 e. The van der Waals surface area contributed by atoms with Crippen LogP contribution >= 0.6 is 0 Å². The summed E-state index contributed by atoms with van der Waals surface area (Å²) in [7, 11) is 0. The number of nitrogens with one attached hydrogen (secondary N) is 1. The Balaban J connectivity index is 1.82. The Labute approximate surface area is 141 Å². The quantitative estimate of drug-likeness (QED) is 0.827. The number of esters is 1. The molecule has 0 fully saturated rings. The Morgan fingerprint density at radius 1 is 1.04 bits per heavy atom. The minimum atomic E-state index is -0.791. The molecule has 0 unspecified atom stereocenters. The van der Waals surface area contributed by atoms with Gasteiger partial charge in [0.15, 0.2) is 12.7 Å². The molecule has 0 saturated carbocycles. The van der Waals surface area contributed by atoms with Gasteiger partial charge in [-0.2, -0.15) is 0 Å². The first kappa shape index (κ1) is 17.5. The van der Waals surface area contributed by atoms with Gasteiger partial charge < -0.3 is 14.8 Å². The maximum atomic E-state index is 11.9. The molecule has 0 aliphatic carbocycles. The number of carbonyl (C=O) groups excluding carboxylic acids is 2. The van der Waals surface area contributed by atoms with E-state index in [1.54, 1.807) is 19.1 Å². The average Bonchev–Trinajstić information content (AvgIpc) is 2.57. The number of anilines is 1. The van der Waals surface area contributed by atoms with E-state index in [4.69, 9.17) is 9.47 Å². The minimum absolute atomic E-state index is 0.352. The number of hydrogen-bond donors (Lipinski definition) is 1. The van der Waals surface area contributed by atoms with Gasteiger partial charge in [0, 0.05) is 5.69 Å². The lowest BCUT2D eigenvalue weighted by Gasteiger charge is -2.14. The van der Waals surface area contributed by atoms with Gasteiger partial charge in [-0.05, 0) is 50.1 Å². The van der Waals surface area contributed by atoms with Crippen molar-refractivity contribution >= 4 is 17.6 Å². The molecule has 0 aromatic heterocycles. The van der Waals surface area contributed by atoms with Crippen LogP contribution in [0.15, 0.2) is 48.5 Å². The van der Waals surface area contributed by atoms with Gasteiger partial charge >= 0.3 is 5.97 Å². The highest BCUT2D eigenvalue weighted by atomic mass is 16.6. The second-order valence-electron chi connectivity index (χ2n) is 5.48. The molecule has 126 valence electrons. The number of para-hydroxylation sites is 1. The lowest BCUT2D eigenvalue weighted by Crippen LogP contribution is -2.29. The third-order valence-corrected chi connectivity index (χ3v) is 3.61. The Morgan fingerprint density at radius 3 is 2.46 bits per heavy atom. The predicted molar refractivity (Wildman–Crippen MR) is 92.0 cm³/mol. The van der Waals surface area contributed by atoms with E-state index < -0.39 is 12.1 Å². The number of ether oxygens (including phenoxy) is 2. The standard InChI is InChI=1S/C19H21NO4/c1-13-8-7-11-17(14(13)2)20-18(21)12-23-19(22)15(3)24-16-9-5-4-6-10-16/h4-11,15H,12H2,1-3H3,(H,20,21)/t15-/m0/s1. The second kappa shape index (κ2) is 8.15. The lowest BCUT2D eigenvalue weighted by molar-refractivity contribution is -0.153. The van der Waals surface area contributed by atoms with Crippen molar-refractivity contribution < 1.29 is 19.1 Å². The first-order chi connectivity index (χ1) is 11.5. The molecule has 0 saturated heterocycles. The van der Waals surface area contributed by atoms with Crippen LogP contribution in [0.2, 0.25) is 0 Å². The summed E-state index contributed by atoms with van der Waals surface area (Å²) in [6.07, 6.45) is -0.791. The van der Waals surface area contributed by atoms with Gasteiger partial charge in [-0.1, -0.05) is 30.3 Å². The average molecular weight is 327 g/mol. The number of amides is 1. The fourth-order valence-electron chi connectivity index (χ4n) is 2.08. The molecule has 0 aliphatic rings. The maximum absolute atomic E-state index is 11.9. The first-order valence-electron chi connectivity index (χ1n) is 7.72. The first-order valence-corrected chi connectivity index (χ1v) is 7.72. The van der Waals surface area contributed by atoms with E-state index in [1.807, 2.05) is 50.2 Å². The van der Waals surface area contributed by atoms with Crippen molar-refractivity contribution in [1.82, 2.24) is 0 Å². The monoisotopic (exact) mass is 327 g/mol. The van der Waals surface area contributed by atoms with Crippen molar-refractivity contribution in [3.8, 4) is 5.75 Å². The summed E-state index contributed by atoms with van der Waals surface area (Å²) in [6.45, 7) is 5.12. The molecule has 0 radical (unpaired) electrons. The van der Waals surface area contributed by atoms with Gasteiger partial charge in [0.25, 0.3) is 5.91 Å². The zero-order valence-corrected chi connectivity index (χ0v) is 14.0. The molecule has 0 bridgehead atoms. The SMILES string of the molecule is Cc1cccc(NC(=O)COC(=O)[C@H](C)Oc2ccccc2)c1C. The molecule has 0 aliphatic heterocycles. The molecule has 1 amide bonds. The summed E-state index contributed by atoms with van der Waals surface area (Å²) in [5, 5.41) is 2.74. The topological polar surface area (TPSA) is 64.6 Å². The Morgan fingerprint density at radius 2 is 1.75 bits per heavy atom. The molecular weight excluding hydrogens is 306 g/mol. The highest BCUT2D eigenvalue weighted by Gasteiger charge is 2.18. The van der Waals surface area contributed by atoms with Crippen molar-refractivity contribution in [2.24, 2.45) is 0 Å². The van der Waals surface area contributed by atoms with Gasteiger partial charge in [0.05, 0.1) is 0 Å². The van der Waals surface area contributed by atoms with E-state index in [0.29, 0.717) is 11.4 Å². The largest absolute Gasteiger partial charge is 0.479 e. The molecule has 2 rings (SSSR count). The van der Waals surface area contributed by atoms with Crippen LogP contribution < -0.4 is 10.1 Å². The van der Waals surface area contributed by atoms with Crippen molar-refractivity contribution in [1.29, 1.82) is 0 Å². The fraction of sp³-hybridized carbons (Fsp3) is 0.263. The lowest BCUT2D eigenvalue weighted by atomic mass is 10.1. The van der Waals surface area contributed by atoms with E-state index in [0.717, 1.165) is 11.1 Å². The predicted octanol–water partition coefficient (Wildman–Crippen LogP) is 3.25. The maximum Gasteiger partial charge on any atom is 0.347 e. The summed E-state index contributed by atoms with van der Waals surface area (Å²) >= 11 is 0. The Kier molecular flexibility index (Phi) is 5.95. The molecule has 24 heavy (non-hydrogen) atoms. The van der Waals surface area contributed by atoms with E-state index in [2.05, 4.69) is 5.32 Å². The molecular formula is C19H21NO4. The van der Waals surface area contributed by atoms with Crippen molar-refractivity contribution in [3.05, 3.63) is 59.7 Å². The summed E-state index contributed by atoms with van der Waals surface area (Å²) in [6, 6.07) is 14.6. The summed E-state index contributed by atoms with van der Waals surface area (Å²) < 4.78 is 10.5. The molecule has 0 heterocycles. The number of rotatable bonds is 6. The number of aryl methyl sites for hydroxylation is 1. The number of carbonyl (C=O) groups is 2. The van der Waals surface area contributed by atoms with Gasteiger partial charge in [-0.3, -0.25) is 4.79 Å². The smallest absolute Gasteiger partial charge is 0.347 e. The van der Waals surface area contributed by atoms with E-state index >= 15 is 0 Å². The number of hydrogen-bond acceptors (Lipinski definition) is 4. The van der Waals surface area contributed by atoms with Crippen LogP contribution in [0.5, 0.6) is 5.75 Å². The van der Waals surface area contributed by atoms with E-state index in [1.165, 1.54) is 0 Å². The second-order valence-corrected chi connectivity index (χ2v) is 5.48. The van der Waals surface area contributed by atoms with E-state index in [9.17, 15) is 9.59 Å². The van der Waals surface area contributed by atoms with Crippen LogP contribution in [0, 0.1) is 13.8 Å². The molecule has 1 N–H and O–H groups in total. The van der Waals surface area contributed by atoms with Crippen LogP contribution in [-0.2, 0) is 14.3 Å². The van der Waals surface area contributed by atoms with Gasteiger partial charge in [-0.25, -0.2) is 4.79 Å². The normalized spacial score (nSPS) is 11.5. The van der Waals surface area contributed by atoms with Crippen molar-refractivity contribution in [2.75, 3.05) is 11.9 Å². The summed E-state index contributed by atoms with van der Waals surface area (Å²) in [5.74, 6) is -0.402. The zero-order valence-electron chi connectivity index (χ0n) is 14.0. The van der Waals surface area contributed by atoms with Crippen molar-refractivity contribution in [2.45, 2.75) is 26.9 Å². The Hall–Kier alpha value is -2.82. The van der Waals surface area contributed by atoms with Crippen LogP contribution in [0.25, 0.3) is 0 Å². The van der Waals surface area contributed by atoms with Crippen LogP contribution in [0.4, 0.5) is 5.69 Å². The fourth-order valence-corrected chi connectivity index (χ4v) is 2.08. The van der Waals surface area contributed by atoms with Crippen LogP contribution in [0.3, 0.4) is 0 Å². The van der Waals surface area contributed by atoms with Gasteiger partial charge in [0.2, 0.25) is 0 Å². The van der Waals surface area contributed by atoms with Gasteiger partial charge in [0.1, 0.15) is 5.75 Å². The molecule has 2 aromatic rings. The molecule has 5 nitrogen and oxygen atoms in total. The molecule has 1 atom stereocenters. The highest BCUT2D eigenvalue weighted by Crippen LogP contribution is 2.17.